The first-order valence-corrected chi connectivity index (χ1v) is 5.98. The number of aromatic nitrogens is 4. The van der Waals surface area contributed by atoms with Crippen molar-refractivity contribution in [1.82, 2.24) is 24.4 Å². The van der Waals surface area contributed by atoms with Gasteiger partial charge in [-0.1, -0.05) is 6.92 Å². The third-order valence-electron chi connectivity index (χ3n) is 2.81. The van der Waals surface area contributed by atoms with E-state index >= 15 is 0 Å². The third kappa shape index (κ3) is 2.94. The molecule has 0 aromatic carbocycles. The topological polar surface area (TPSA) is 47.7 Å². The highest BCUT2D eigenvalue weighted by Gasteiger charge is 2.09. The van der Waals surface area contributed by atoms with Crippen molar-refractivity contribution in [1.29, 1.82) is 0 Å². The second-order valence-electron chi connectivity index (χ2n) is 4.18. The van der Waals surface area contributed by atoms with Crippen molar-refractivity contribution in [2.45, 2.75) is 33.0 Å². The molecule has 1 atom stereocenters. The van der Waals surface area contributed by atoms with Crippen molar-refractivity contribution < 1.29 is 0 Å². The predicted octanol–water partition coefficient (Wildman–Crippen LogP) is 1.45. The van der Waals surface area contributed by atoms with Gasteiger partial charge in [0.05, 0.1) is 18.3 Å². The minimum absolute atomic E-state index is 0.375. The minimum Gasteiger partial charge on any atom is -0.335 e. The van der Waals surface area contributed by atoms with Gasteiger partial charge in [-0.25, -0.2) is 9.97 Å². The highest BCUT2D eigenvalue weighted by atomic mass is 15.1. The summed E-state index contributed by atoms with van der Waals surface area (Å²) in [7, 11) is 0. The molecule has 5 heteroatoms. The van der Waals surface area contributed by atoms with Crippen LogP contribution in [0, 0.1) is 0 Å². The quantitative estimate of drug-likeness (QED) is 0.821. The SMILES string of the molecule is CCNCc1cncn1C(C)Cn1ccnc1. The summed E-state index contributed by atoms with van der Waals surface area (Å²) in [5, 5.41) is 3.32. The zero-order chi connectivity index (χ0) is 12.1. The van der Waals surface area contributed by atoms with Crippen LogP contribution in [0.4, 0.5) is 0 Å². The smallest absolute Gasteiger partial charge is 0.0951 e. The first-order chi connectivity index (χ1) is 8.31. The van der Waals surface area contributed by atoms with Crippen LogP contribution in [0.15, 0.2) is 31.2 Å². The Morgan fingerprint density at radius 1 is 1.35 bits per heavy atom. The number of rotatable bonds is 6. The van der Waals surface area contributed by atoms with Crippen molar-refractivity contribution in [3.63, 3.8) is 0 Å². The molecule has 0 radical (unpaired) electrons. The average Bonchev–Trinajstić information content (AvgIpc) is 2.96. The van der Waals surface area contributed by atoms with Crippen LogP contribution in [0.1, 0.15) is 25.6 Å². The molecule has 2 rings (SSSR count). The van der Waals surface area contributed by atoms with Crippen LogP contribution in [0.3, 0.4) is 0 Å². The van der Waals surface area contributed by atoms with E-state index in [1.165, 1.54) is 5.69 Å². The number of hydrogen-bond donors (Lipinski definition) is 1. The Morgan fingerprint density at radius 2 is 2.24 bits per heavy atom. The van der Waals surface area contributed by atoms with Gasteiger partial charge in [0.25, 0.3) is 0 Å². The first kappa shape index (κ1) is 11.9. The molecule has 0 saturated carbocycles. The number of nitrogens with zero attached hydrogens (tertiary/aromatic N) is 4. The van der Waals surface area contributed by atoms with Gasteiger partial charge in [0.2, 0.25) is 0 Å². The van der Waals surface area contributed by atoms with Crippen molar-refractivity contribution in [3.05, 3.63) is 36.9 Å². The van der Waals surface area contributed by atoms with Gasteiger partial charge in [-0.05, 0) is 13.5 Å². The molecular formula is C12H19N5. The Hall–Kier alpha value is -1.62. The maximum Gasteiger partial charge on any atom is 0.0951 e. The summed E-state index contributed by atoms with van der Waals surface area (Å²) in [6.45, 7) is 7.05. The van der Waals surface area contributed by atoms with Gasteiger partial charge in [-0.2, -0.15) is 0 Å². The van der Waals surface area contributed by atoms with Gasteiger partial charge in [-0.15, -0.1) is 0 Å². The zero-order valence-electron chi connectivity index (χ0n) is 10.4. The van der Waals surface area contributed by atoms with Gasteiger partial charge in [0, 0.05) is 37.7 Å². The number of hydrogen-bond acceptors (Lipinski definition) is 3. The lowest BCUT2D eigenvalue weighted by Gasteiger charge is -2.17. The Bertz CT molecular complexity index is 431. The Kier molecular flexibility index (Phi) is 3.93. The molecule has 0 fully saturated rings. The fraction of sp³-hybridized carbons (Fsp3) is 0.500. The van der Waals surface area contributed by atoms with Crippen LogP contribution in [0.2, 0.25) is 0 Å². The van der Waals surface area contributed by atoms with Crippen LogP contribution in [-0.2, 0) is 13.1 Å². The monoisotopic (exact) mass is 233 g/mol. The molecule has 1 unspecified atom stereocenters. The fourth-order valence-corrected chi connectivity index (χ4v) is 1.91. The second-order valence-corrected chi connectivity index (χ2v) is 4.18. The van der Waals surface area contributed by atoms with E-state index in [2.05, 4.69) is 38.3 Å². The van der Waals surface area contributed by atoms with Crippen LogP contribution in [0.25, 0.3) is 0 Å². The van der Waals surface area contributed by atoms with Crippen molar-refractivity contribution >= 4 is 0 Å². The number of nitrogens with one attached hydrogen (secondary N) is 1. The molecule has 2 aromatic rings. The van der Waals surface area contributed by atoms with Gasteiger partial charge in [0.1, 0.15) is 0 Å². The first-order valence-electron chi connectivity index (χ1n) is 5.98. The molecule has 17 heavy (non-hydrogen) atoms. The Labute approximate surface area is 102 Å². The lowest BCUT2D eigenvalue weighted by Crippen LogP contribution is -2.19. The Balaban J connectivity index is 2.03. The molecule has 0 saturated heterocycles. The van der Waals surface area contributed by atoms with Crippen molar-refractivity contribution in [2.24, 2.45) is 0 Å². The van der Waals surface area contributed by atoms with E-state index in [0.29, 0.717) is 6.04 Å². The average molecular weight is 233 g/mol. The Morgan fingerprint density at radius 3 is 2.94 bits per heavy atom. The van der Waals surface area contributed by atoms with E-state index in [1.54, 1.807) is 6.20 Å². The molecular weight excluding hydrogens is 214 g/mol. The summed E-state index contributed by atoms with van der Waals surface area (Å²) in [5.41, 5.74) is 1.22. The normalized spacial score (nSPS) is 12.8. The van der Waals surface area contributed by atoms with E-state index in [0.717, 1.165) is 19.6 Å². The maximum absolute atomic E-state index is 4.22. The predicted molar refractivity (Wildman–Crippen MR) is 66.5 cm³/mol. The second kappa shape index (κ2) is 5.63. The molecule has 0 aliphatic heterocycles. The van der Waals surface area contributed by atoms with Gasteiger partial charge < -0.3 is 14.5 Å². The zero-order valence-corrected chi connectivity index (χ0v) is 10.4. The minimum atomic E-state index is 0.375. The summed E-state index contributed by atoms with van der Waals surface area (Å²) in [4.78, 5) is 8.28. The van der Waals surface area contributed by atoms with Gasteiger partial charge in [0.15, 0.2) is 0 Å². The molecule has 0 spiro atoms. The van der Waals surface area contributed by atoms with Crippen molar-refractivity contribution in [2.75, 3.05) is 6.54 Å². The summed E-state index contributed by atoms with van der Waals surface area (Å²) in [6, 6.07) is 0.375. The van der Waals surface area contributed by atoms with E-state index in [-0.39, 0.29) is 0 Å². The molecule has 2 heterocycles. The van der Waals surface area contributed by atoms with Crippen LogP contribution < -0.4 is 5.32 Å². The number of imidazole rings is 2. The lowest BCUT2D eigenvalue weighted by molar-refractivity contribution is 0.447. The van der Waals surface area contributed by atoms with Crippen LogP contribution in [-0.4, -0.2) is 25.6 Å². The van der Waals surface area contributed by atoms with E-state index in [9.17, 15) is 0 Å². The molecule has 5 nitrogen and oxygen atoms in total. The highest BCUT2D eigenvalue weighted by Crippen LogP contribution is 2.12. The standard InChI is InChI=1S/C12H19N5/c1-3-13-6-12-7-15-10-17(12)11(2)8-16-5-4-14-9-16/h4-5,7,9-11,13H,3,6,8H2,1-2H3. The summed E-state index contributed by atoms with van der Waals surface area (Å²) >= 11 is 0. The van der Waals surface area contributed by atoms with Crippen molar-refractivity contribution in [3.8, 4) is 0 Å². The molecule has 0 bridgehead atoms. The van der Waals surface area contributed by atoms with Gasteiger partial charge >= 0.3 is 0 Å². The molecule has 0 amide bonds. The molecule has 2 aromatic heterocycles. The molecule has 0 aliphatic rings. The maximum atomic E-state index is 4.22. The fourth-order valence-electron chi connectivity index (χ4n) is 1.91. The highest BCUT2D eigenvalue weighted by molar-refractivity contribution is 4.99. The summed E-state index contributed by atoms with van der Waals surface area (Å²) in [5.74, 6) is 0. The molecule has 1 N–H and O–H groups in total. The van der Waals surface area contributed by atoms with E-state index in [4.69, 9.17) is 0 Å². The van der Waals surface area contributed by atoms with Crippen LogP contribution >= 0.6 is 0 Å². The largest absolute Gasteiger partial charge is 0.335 e. The lowest BCUT2D eigenvalue weighted by atomic mass is 10.3. The summed E-state index contributed by atoms with van der Waals surface area (Å²) < 4.78 is 4.30. The van der Waals surface area contributed by atoms with Crippen LogP contribution in [0.5, 0.6) is 0 Å². The summed E-state index contributed by atoms with van der Waals surface area (Å²) in [6.07, 6.45) is 9.45. The molecule has 0 aliphatic carbocycles. The van der Waals surface area contributed by atoms with Gasteiger partial charge in [-0.3, -0.25) is 0 Å². The molecule has 92 valence electrons. The van der Waals surface area contributed by atoms with E-state index < -0.39 is 0 Å². The van der Waals surface area contributed by atoms with E-state index in [1.807, 2.05) is 25.0 Å². The third-order valence-corrected chi connectivity index (χ3v) is 2.81.